The van der Waals surface area contributed by atoms with Crippen molar-refractivity contribution in [3.63, 3.8) is 0 Å². The lowest BCUT2D eigenvalue weighted by atomic mass is 10.7. The molecule has 0 unspecified atom stereocenters. The Bertz CT molecular complexity index is 199. The van der Waals surface area contributed by atoms with E-state index in [0.29, 0.717) is 6.61 Å². The summed E-state index contributed by atoms with van der Waals surface area (Å²) in [6, 6.07) is 0. The average Bonchev–Trinajstić information content (AvgIpc) is 2.13. The molecule has 0 aliphatic rings. The predicted octanol–water partition coefficient (Wildman–Crippen LogP) is 0.435. The van der Waals surface area contributed by atoms with Crippen LogP contribution in [-0.4, -0.2) is 40.7 Å². The third kappa shape index (κ3) is 2.63. The van der Waals surface area contributed by atoms with Gasteiger partial charge < -0.3 is 18.4 Å². The van der Waals surface area contributed by atoms with Gasteiger partial charge in [-0.15, -0.1) is 0 Å². The molecule has 0 aromatic heterocycles. The minimum absolute atomic E-state index is 0.153. The summed E-state index contributed by atoms with van der Waals surface area (Å²) in [5, 5.41) is 8.55. The molecule has 0 fully saturated rings. The van der Waals surface area contributed by atoms with Crippen LogP contribution in [0.5, 0.6) is 0 Å². The highest BCUT2D eigenvalue weighted by Gasteiger charge is 2.46. The van der Waals surface area contributed by atoms with Crippen molar-refractivity contribution in [2.75, 3.05) is 20.8 Å². The first-order valence-corrected chi connectivity index (χ1v) is 5.43. The van der Waals surface area contributed by atoms with Crippen molar-refractivity contribution in [1.82, 2.24) is 0 Å². The Morgan fingerprint density at radius 1 is 1.46 bits per heavy atom. The van der Waals surface area contributed by atoms with E-state index in [4.69, 9.17) is 18.4 Å². The third-order valence-corrected chi connectivity index (χ3v) is 4.20. The van der Waals surface area contributed by atoms with Crippen LogP contribution in [0.25, 0.3) is 0 Å². The zero-order chi connectivity index (χ0) is 10.5. The van der Waals surface area contributed by atoms with Crippen molar-refractivity contribution in [1.29, 1.82) is 0 Å². The van der Waals surface area contributed by atoms with Crippen molar-refractivity contribution in [3.05, 3.63) is 11.8 Å². The molecule has 0 heterocycles. The molecule has 0 rings (SSSR count). The van der Waals surface area contributed by atoms with Crippen molar-refractivity contribution < 1.29 is 23.2 Å². The number of aliphatic carboxylic acids is 1. The Hall–Kier alpha value is -0.693. The highest BCUT2D eigenvalue weighted by atomic mass is 28.4. The Morgan fingerprint density at radius 3 is 2.15 bits per heavy atom. The highest BCUT2D eigenvalue weighted by molar-refractivity contribution is 6.73. The summed E-state index contributed by atoms with van der Waals surface area (Å²) < 4.78 is 15.1. The van der Waals surface area contributed by atoms with Crippen molar-refractivity contribution in [3.8, 4) is 0 Å². The van der Waals surface area contributed by atoms with Gasteiger partial charge in [0.15, 0.2) is 0 Å². The summed E-state index contributed by atoms with van der Waals surface area (Å²) in [6.45, 7) is 5.42. The van der Waals surface area contributed by atoms with E-state index in [1.165, 1.54) is 14.2 Å². The fraction of sp³-hybridized carbons (Fsp3) is 0.571. The SMILES string of the molecule is C=C(C(=O)O)[Si](OC)(OC)OCC. The number of hydrogen-bond acceptors (Lipinski definition) is 4. The minimum atomic E-state index is -3.20. The second kappa shape index (κ2) is 5.13. The van der Waals surface area contributed by atoms with E-state index in [2.05, 4.69) is 6.58 Å². The van der Waals surface area contributed by atoms with Gasteiger partial charge in [0.25, 0.3) is 0 Å². The van der Waals surface area contributed by atoms with Crippen LogP contribution in [0.4, 0.5) is 0 Å². The van der Waals surface area contributed by atoms with Gasteiger partial charge in [-0.05, 0) is 6.92 Å². The van der Waals surface area contributed by atoms with Crippen LogP contribution in [-0.2, 0) is 18.1 Å². The van der Waals surface area contributed by atoms with Gasteiger partial charge >= 0.3 is 14.8 Å². The molecule has 0 aliphatic heterocycles. The first-order chi connectivity index (χ1) is 6.04. The quantitative estimate of drug-likeness (QED) is 0.504. The van der Waals surface area contributed by atoms with Crippen LogP contribution in [0.1, 0.15) is 6.92 Å². The van der Waals surface area contributed by atoms with Gasteiger partial charge in [0.05, 0.1) is 0 Å². The van der Waals surface area contributed by atoms with Crippen LogP contribution < -0.4 is 0 Å². The summed E-state index contributed by atoms with van der Waals surface area (Å²) in [5.41, 5.74) is 0. The van der Waals surface area contributed by atoms with Gasteiger partial charge in [-0.2, -0.15) is 0 Å². The molecular formula is C7H14O5Si. The van der Waals surface area contributed by atoms with Crippen LogP contribution in [0.2, 0.25) is 0 Å². The molecule has 0 amide bonds. The summed E-state index contributed by atoms with van der Waals surface area (Å²) in [5.74, 6) is -1.16. The zero-order valence-electron chi connectivity index (χ0n) is 7.99. The monoisotopic (exact) mass is 206 g/mol. The molecule has 0 spiro atoms. The lowest BCUT2D eigenvalue weighted by molar-refractivity contribution is -0.132. The Labute approximate surface area is 78.3 Å². The summed E-state index contributed by atoms with van der Waals surface area (Å²) in [7, 11) is -0.510. The lowest BCUT2D eigenvalue weighted by Gasteiger charge is -2.25. The molecule has 0 aliphatic carbocycles. The van der Waals surface area contributed by atoms with Gasteiger partial charge in [-0.3, -0.25) is 0 Å². The molecule has 0 aromatic carbocycles. The molecule has 0 saturated heterocycles. The van der Waals surface area contributed by atoms with E-state index in [1.807, 2.05) is 0 Å². The van der Waals surface area contributed by atoms with Gasteiger partial charge in [0.1, 0.15) is 5.20 Å². The standard InChI is InChI=1S/C7H14O5Si/c1-5-12-13(10-3,11-4)6(2)7(8)9/h2,5H2,1,3-4H3,(H,8,9). The number of carboxylic acid groups (broad SMARTS) is 1. The van der Waals surface area contributed by atoms with Crippen molar-refractivity contribution in [2.45, 2.75) is 6.92 Å². The fourth-order valence-electron chi connectivity index (χ4n) is 0.856. The first-order valence-electron chi connectivity index (χ1n) is 3.71. The second-order valence-corrected chi connectivity index (χ2v) is 5.00. The number of carboxylic acids is 1. The smallest absolute Gasteiger partial charge is 0.478 e. The summed E-state index contributed by atoms with van der Waals surface area (Å²) in [4.78, 5) is 10.6. The van der Waals surface area contributed by atoms with Crippen LogP contribution in [0, 0.1) is 0 Å². The van der Waals surface area contributed by atoms with Crippen molar-refractivity contribution >= 4 is 14.8 Å². The molecule has 0 bridgehead atoms. The normalized spacial score (nSPS) is 11.3. The largest absolute Gasteiger partial charge is 0.543 e. The molecule has 0 radical (unpaired) electrons. The number of carbonyl (C=O) groups is 1. The molecule has 6 heteroatoms. The highest BCUT2D eigenvalue weighted by Crippen LogP contribution is 2.16. The van der Waals surface area contributed by atoms with Gasteiger partial charge in [-0.1, -0.05) is 6.58 Å². The minimum Gasteiger partial charge on any atom is -0.478 e. The van der Waals surface area contributed by atoms with E-state index < -0.39 is 14.8 Å². The summed E-state index contributed by atoms with van der Waals surface area (Å²) in [6.07, 6.45) is 0. The molecular weight excluding hydrogens is 192 g/mol. The van der Waals surface area contributed by atoms with Gasteiger partial charge in [0, 0.05) is 20.8 Å². The zero-order valence-corrected chi connectivity index (χ0v) is 8.99. The van der Waals surface area contributed by atoms with Gasteiger partial charge in [0.2, 0.25) is 0 Å². The van der Waals surface area contributed by atoms with Crippen molar-refractivity contribution in [2.24, 2.45) is 0 Å². The van der Waals surface area contributed by atoms with Crippen LogP contribution >= 0.6 is 0 Å². The average molecular weight is 206 g/mol. The summed E-state index contributed by atoms with van der Waals surface area (Å²) >= 11 is 0. The van der Waals surface area contributed by atoms with E-state index in [9.17, 15) is 4.79 Å². The second-order valence-electron chi connectivity index (χ2n) is 2.18. The topological polar surface area (TPSA) is 65.0 Å². The number of rotatable bonds is 6. The Kier molecular flexibility index (Phi) is 4.85. The van der Waals surface area contributed by atoms with E-state index >= 15 is 0 Å². The van der Waals surface area contributed by atoms with Gasteiger partial charge in [-0.25, -0.2) is 4.79 Å². The maximum atomic E-state index is 10.6. The molecule has 0 saturated carbocycles. The first kappa shape index (κ1) is 12.3. The maximum absolute atomic E-state index is 10.6. The van der Waals surface area contributed by atoms with E-state index in [-0.39, 0.29) is 5.20 Å². The maximum Gasteiger partial charge on any atom is 0.543 e. The van der Waals surface area contributed by atoms with E-state index in [1.54, 1.807) is 6.92 Å². The van der Waals surface area contributed by atoms with Crippen LogP contribution in [0.15, 0.2) is 11.8 Å². The molecule has 1 N–H and O–H groups in total. The molecule has 0 atom stereocenters. The Morgan fingerprint density at radius 2 is 1.92 bits per heavy atom. The molecule has 5 nitrogen and oxygen atoms in total. The molecule has 76 valence electrons. The molecule has 13 heavy (non-hydrogen) atoms. The van der Waals surface area contributed by atoms with E-state index in [0.717, 1.165) is 0 Å². The van der Waals surface area contributed by atoms with Crippen LogP contribution in [0.3, 0.4) is 0 Å². The third-order valence-electron chi connectivity index (χ3n) is 1.50. The fourth-order valence-corrected chi connectivity index (χ4v) is 2.57. The number of hydrogen-bond donors (Lipinski definition) is 1. The molecule has 0 aromatic rings. The lowest BCUT2D eigenvalue weighted by Crippen LogP contribution is -2.48. The Balaban J connectivity index is 4.74. The predicted molar refractivity (Wildman–Crippen MR) is 48.2 cm³/mol.